The molecule has 0 atom stereocenters. The Kier molecular flexibility index (Phi) is 6.83. The molecule has 0 aliphatic carbocycles. The normalized spacial score (nSPS) is 15.2. The van der Waals surface area contributed by atoms with Crippen molar-refractivity contribution in [1.82, 2.24) is 14.8 Å². The number of carbonyl (C=O) groups is 1. The molecule has 1 aromatic rings. The van der Waals surface area contributed by atoms with E-state index in [1.54, 1.807) is 13.1 Å². The number of amides is 1. The second-order valence-electron chi connectivity index (χ2n) is 5.37. The van der Waals surface area contributed by atoms with Gasteiger partial charge < -0.3 is 20.3 Å². The van der Waals surface area contributed by atoms with Crippen LogP contribution in [0, 0.1) is 10.1 Å². The van der Waals surface area contributed by atoms with E-state index in [0.29, 0.717) is 12.2 Å². The molecule has 1 aliphatic heterocycles. The number of piperidine rings is 1. The topological polar surface area (TPSA) is 80.4 Å². The third-order valence-electron chi connectivity index (χ3n) is 3.98. The van der Waals surface area contributed by atoms with Gasteiger partial charge in [0.25, 0.3) is 5.91 Å². The largest absolute Gasteiger partial charge is 0.358 e. The van der Waals surface area contributed by atoms with E-state index in [0.717, 1.165) is 32.4 Å². The van der Waals surface area contributed by atoms with Crippen molar-refractivity contribution < 1.29 is 9.72 Å². The highest BCUT2D eigenvalue weighted by Crippen LogP contribution is 2.20. The van der Waals surface area contributed by atoms with Gasteiger partial charge in [-0.2, -0.15) is 0 Å². The Morgan fingerprint density at radius 2 is 2.09 bits per heavy atom. The average molecular weight is 331 g/mol. The number of nitrogens with zero attached hydrogens (tertiary/aromatic N) is 3. The summed E-state index contributed by atoms with van der Waals surface area (Å²) in [5.74, 6) is -0.167. The molecule has 7 nitrogen and oxygen atoms in total. The van der Waals surface area contributed by atoms with Crippen LogP contribution in [0.25, 0.3) is 0 Å². The van der Waals surface area contributed by atoms with Gasteiger partial charge in [-0.15, -0.1) is 12.4 Å². The minimum atomic E-state index is -0.467. The van der Waals surface area contributed by atoms with Gasteiger partial charge in [0.1, 0.15) is 0 Å². The smallest absolute Gasteiger partial charge is 0.323 e. The van der Waals surface area contributed by atoms with Crippen LogP contribution in [0.3, 0.4) is 0 Å². The summed E-state index contributed by atoms with van der Waals surface area (Å²) in [6.45, 7) is 4.54. The van der Waals surface area contributed by atoms with Gasteiger partial charge in [0.05, 0.1) is 7.05 Å². The fourth-order valence-corrected chi connectivity index (χ4v) is 2.85. The van der Waals surface area contributed by atoms with Crippen LogP contribution < -0.4 is 5.32 Å². The molecule has 1 fully saturated rings. The Bertz CT molecular complexity index is 526. The van der Waals surface area contributed by atoms with E-state index < -0.39 is 4.92 Å². The molecule has 2 heterocycles. The summed E-state index contributed by atoms with van der Waals surface area (Å²) < 4.78 is 1.37. The summed E-state index contributed by atoms with van der Waals surface area (Å²) in [5.41, 5.74) is 0.383. The number of carbonyl (C=O) groups excluding carboxylic acids is 1. The van der Waals surface area contributed by atoms with E-state index in [1.807, 2.05) is 11.8 Å². The van der Waals surface area contributed by atoms with Gasteiger partial charge in [0.15, 0.2) is 5.69 Å². The van der Waals surface area contributed by atoms with Gasteiger partial charge in [0.2, 0.25) is 0 Å². The molecule has 22 heavy (non-hydrogen) atoms. The van der Waals surface area contributed by atoms with Crippen molar-refractivity contribution in [2.24, 2.45) is 7.05 Å². The van der Waals surface area contributed by atoms with Crippen LogP contribution in [0.5, 0.6) is 0 Å². The second kappa shape index (κ2) is 8.14. The first-order valence-corrected chi connectivity index (χ1v) is 7.38. The van der Waals surface area contributed by atoms with Crippen LogP contribution >= 0.6 is 12.4 Å². The SMILES string of the molecule is CCCN(C(=O)c1ccc([N+](=O)[O-])n1C)C1CCNCC1.Cl. The molecule has 0 radical (unpaired) electrons. The monoisotopic (exact) mass is 330 g/mol. The lowest BCUT2D eigenvalue weighted by atomic mass is 10.0. The Labute approximate surface area is 136 Å². The second-order valence-corrected chi connectivity index (χ2v) is 5.37. The molecule has 2 rings (SSSR count). The highest BCUT2D eigenvalue weighted by atomic mass is 35.5. The molecule has 1 amide bonds. The maximum Gasteiger partial charge on any atom is 0.323 e. The Morgan fingerprint density at radius 1 is 1.45 bits per heavy atom. The molecule has 0 spiro atoms. The van der Waals surface area contributed by atoms with E-state index in [4.69, 9.17) is 0 Å². The van der Waals surface area contributed by atoms with Crippen LogP contribution in [0.4, 0.5) is 5.82 Å². The van der Waals surface area contributed by atoms with Gasteiger partial charge in [-0.25, -0.2) is 4.57 Å². The predicted octanol–water partition coefficient (Wildman–Crippen LogP) is 1.96. The number of nitrogens with one attached hydrogen (secondary N) is 1. The summed E-state index contributed by atoms with van der Waals surface area (Å²) in [6, 6.07) is 3.15. The summed E-state index contributed by atoms with van der Waals surface area (Å²) in [7, 11) is 1.57. The van der Waals surface area contributed by atoms with Crippen LogP contribution in [0.1, 0.15) is 36.7 Å². The van der Waals surface area contributed by atoms with Crippen LogP contribution in [-0.2, 0) is 7.05 Å². The van der Waals surface area contributed by atoms with E-state index in [-0.39, 0.29) is 30.2 Å². The maximum atomic E-state index is 12.8. The molecule has 124 valence electrons. The highest BCUT2D eigenvalue weighted by Gasteiger charge is 2.30. The lowest BCUT2D eigenvalue weighted by Crippen LogP contribution is -2.46. The number of nitro groups is 1. The molecule has 0 unspecified atom stereocenters. The average Bonchev–Trinajstić information content (AvgIpc) is 2.87. The highest BCUT2D eigenvalue weighted by molar-refractivity contribution is 5.93. The van der Waals surface area contributed by atoms with E-state index in [2.05, 4.69) is 5.32 Å². The number of hydrogen-bond acceptors (Lipinski definition) is 4. The zero-order chi connectivity index (χ0) is 15.4. The van der Waals surface area contributed by atoms with Gasteiger partial charge in [-0.1, -0.05) is 6.92 Å². The molecule has 0 bridgehead atoms. The fraction of sp³-hybridized carbons (Fsp3) is 0.643. The van der Waals surface area contributed by atoms with Crippen molar-refractivity contribution >= 4 is 24.1 Å². The first kappa shape index (κ1) is 18.4. The molecule has 1 saturated heterocycles. The fourth-order valence-electron chi connectivity index (χ4n) is 2.85. The van der Waals surface area contributed by atoms with Crippen molar-refractivity contribution in [2.45, 2.75) is 32.2 Å². The van der Waals surface area contributed by atoms with Gasteiger partial charge in [0, 0.05) is 18.7 Å². The summed E-state index contributed by atoms with van der Waals surface area (Å²) >= 11 is 0. The zero-order valence-corrected chi connectivity index (χ0v) is 13.8. The van der Waals surface area contributed by atoms with Crippen molar-refractivity contribution in [2.75, 3.05) is 19.6 Å². The van der Waals surface area contributed by atoms with Gasteiger partial charge in [-0.3, -0.25) is 4.79 Å². The molecule has 1 aromatic heterocycles. The predicted molar refractivity (Wildman–Crippen MR) is 86.5 cm³/mol. The minimum absolute atomic E-state index is 0. The first-order valence-electron chi connectivity index (χ1n) is 7.38. The molecular formula is C14H23ClN4O3. The number of halogens is 1. The van der Waals surface area contributed by atoms with Crippen LogP contribution in [0.2, 0.25) is 0 Å². The molecule has 8 heteroatoms. The molecular weight excluding hydrogens is 308 g/mol. The minimum Gasteiger partial charge on any atom is -0.358 e. The Hall–Kier alpha value is -1.60. The number of rotatable bonds is 5. The third kappa shape index (κ3) is 3.78. The molecule has 0 saturated carbocycles. The number of aromatic nitrogens is 1. The van der Waals surface area contributed by atoms with Crippen LogP contribution in [0.15, 0.2) is 12.1 Å². The van der Waals surface area contributed by atoms with Crippen molar-refractivity contribution in [3.63, 3.8) is 0 Å². The van der Waals surface area contributed by atoms with Crippen molar-refractivity contribution in [3.8, 4) is 0 Å². The lowest BCUT2D eigenvalue weighted by Gasteiger charge is -2.34. The summed E-state index contributed by atoms with van der Waals surface area (Å²) in [4.78, 5) is 25.1. The molecule has 1 N–H and O–H groups in total. The quantitative estimate of drug-likeness (QED) is 0.661. The van der Waals surface area contributed by atoms with E-state index >= 15 is 0 Å². The maximum absolute atomic E-state index is 12.8. The summed E-state index contributed by atoms with van der Waals surface area (Å²) in [6.07, 6.45) is 2.73. The van der Waals surface area contributed by atoms with Gasteiger partial charge >= 0.3 is 5.82 Å². The van der Waals surface area contributed by atoms with Crippen molar-refractivity contribution in [3.05, 3.63) is 27.9 Å². The van der Waals surface area contributed by atoms with Gasteiger partial charge in [-0.05, 0) is 43.3 Å². The Morgan fingerprint density at radius 3 is 2.59 bits per heavy atom. The van der Waals surface area contributed by atoms with E-state index in [1.165, 1.54) is 10.6 Å². The Balaban J connectivity index is 0.00000242. The van der Waals surface area contributed by atoms with Crippen LogP contribution in [-0.4, -0.2) is 46.0 Å². The van der Waals surface area contributed by atoms with E-state index in [9.17, 15) is 14.9 Å². The zero-order valence-electron chi connectivity index (χ0n) is 12.9. The summed E-state index contributed by atoms with van der Waals surface area (Å²) in [5, 5.41) is 14.2. The lowest BCUT2D eigenvalue weighted by molar-refractivity contribution is -0.391. The first-order chi connectivity index (χ1) is 10.1. The molecule has 1 aliphatic rings. The third-order valence-corrected chi connectivity index (χ3v) is 3.98. The standard InChI is InChI=1S/C14H22N4O3.ClH/c1-3-10-17(11-6-8-15-9-7-11)14(19)12-4-5-13(16(12)2)18(20)21;/h4-5,11,15H,3,6-10H2,1-2H3;1H. The van der Waals surface area contributed by atoms with Crippen molar-refractivity contribution in [1.29, 1.82) is 0 Å². The molecule has 0 aromatic carbocycles. The number of hydrogen-bond donors (Lipinski definition) is 1.